The van der Waals surface area contributed by atoms with E-state index in [2.05, 4.69) is 57.3 Å². The van der Waals surface area contributed by atoms with Crippen molar-refractivity contribution in [1.29, 1.82) is 0 Å². The Kier molecular flexibility index (Phi) is 6.10. The first-order chi connectivity index (χ1) is 8.21. The van der Waals surface area contributed by atoms with Crippen LogP contribution in [0.2, 0.25) is 0 Å². The summed E-state index contributed by atoms with van der Waals surface area (Å²) < 4.78 is 0. The van der Waals surface area contributed by atoms with Gasteiger partial charge in [0.1, 0.15) is 0 Å². The molecule has 0 saturated heterocycles. The Hall–Kier alpha value is -0.980. The Bertz CT molecular complexity index is 298. The van der Waals surface area contributed by atoms with Gasteiger partial charge in [-0.25, -0.2) is 0 Å². The number of benzene rings is 1. The van der Waals surface area contributed by atoms with Crippen LogP contribution < -0.4 is 5.32 Å². The van der Waals surface area contributed by atoms with Crippen LogP contribution >= 0.6 is 0 Å². The van der Waals surface area contributed by atoms with Gasteiger partial charge in [0.05, 0.1) is 0 Å². The second-order valence-corrected chi connectivity index (χ2v) is 4.99. The molecule has 1 nitrogen and oxygen atoms in total. The average Bonchev–Trinajstić information content (AvgIpc) is 2.39. The second kappa shape index (κ2) is 7.37. The first kappa shape index (κ1) is 14.1. The maximum absolute atomic E-state index is 3.53. The van der Waals surface area contributed by atoms with Crippen LogP contribution in [0.3, 0.4) is 0 Å². The third-order valence-electron chi connectivity index (χ3n) is 3.84. The van der Waals surface area contributed by atoms with E-state index in [4.69, 9.17) is 0 Å². The fourth-order valence-electron chi connectivity index (χ4n) is 2.00. The maximum atomic E-state index is 3.53. The molecule has 1 aromatic rings. The van der Waals surface area contributed by atoms with Crippen LogP contribution in [0.25, 0.3) is 0 Å². The van der Waals surface area contributed by atoms with Crippen molar-refractivity contribution < 1.29 is 0 Å². The summed E-state index contributed by atoms with van der Waals surface area (Å²) >= 11 is 0. The molecule has 1 heteroatoms. The Morgan fingerprint density at radius 3 is 2.00 bits per heavy atom. The van der Waals surface area contributed by atoms with Gasteiger partial charge in [0.15, 0.2) is 0 Å². The zero-order chi connectivity index (χ0) is 12.7. The molecule has 1 atom stereocenters. The SMILES string of the molecule is CCC(CC)CNc1ccc(C(C)CC)cc1. The average molecular weight is 233 g/mol. The standard InChI is InChI=1S/C16H27N/c1-5-13(4)15-8-10-16(11-9-15)17-12-14(6-2)7-3/h8-11,13-14,17H,5-7,12H2,1-4H3. The van der Waals surface area contributed by atoms with Gasteiger partial charge in [0.25, 0.3) is 0 Å². The molecule has 17 heavy (non-hydrogen) atoms. The van der Waals surface area contributed by atoms with E-state index in [1.807, 2.05) is 0 Å². The molecule has 1 unspecified atom stereocenters. The van der Waals surface area contributed by atoms with Crippen molar-refractivity contribution in [2.24, 2.45) is 5.92 Å². The van der Waals surface area contributed by atoms with Crippen LogP contribution in [0.4, 0.5) is 5.69 Å². The van der Waals surface area contributed by atoms with Gasteiger partial charge >= 0.3 is 0 Å². The van der Waals surface area contributed by atoms with Gasteiger partial charge in [-0.3, -0.25) is 0 Å². The molecule has 0 saturated carbocycles. The van der Waals surface area contributed by atoms with Crippen LogP contribution in [-0.4, -0.2) is 6.54 Å². The van der Waals surface area contributed by atoms with Gasteiger partial charge in [-0.15, -0.1) is 0 Å². The molecule has 0 spiro atoms. The molecule has 0 aliphatic heterocycles. The predicted molar refractivity (Wildman–Crippen MR) is 77.7 cm³/mol. The summed E-state index contributed by atoms with van der Waals surface area (Å²) in [7, 11) is 0. The molecule has 1 aromatic carbocycles. The smallest absolute Gasteiger partial charge is 0.0340 e. The molecule has 0 fully saturated rings. The van der Waals surface area contributed by atoms with Gasteiger partial charge in [0, 0.05) is 12.2 Å². The largest absolute Gasteiger partial charge is 0.385 e. The Morgan fingerprint density at radius 2 is 1.53 bits per heavy atom. The van der Waals surface area contributed by atoms with Gasteiger partial charge < -0.3 is 5.32 Å². The van der Waals surface area contributed by atoms with E-state index < -0.39 is 0 Å². The van der Waals surface area contributed by atoms with Gasteiger partial charge in [-0.1, -0.05) is 52.7 Å². The summed E-state index contributed by atoms with van der Waals surface area (Å²) in [6, 6.07) is 8.93. The highest BCUT2D eigenvalue weighted by molar-refractivity contribution is 5.45. The molecule has 1 N–H and O–H groups in total. The van der Waals surface area contributed by atoms with Crippen molar-refractivity contribution in [2.45, 2.75) is 52.9 Å². The normalized spacial score (nSPS) is 12.8. The summed E-state index contributed by atoms with van der Waals surface area (Å²) in [4.78, 5) is 0. The van der Waals surface area contributed by atoms with Crippen LogP contribution in [0.5, 0.6) is 0 Å². The van der Waals surface area contributed by atoms with Gasteiger partial charge in [-0.2, -0.15) is 0 Å². The topological polar surface area (TPSA) is 12.0 Å². The highest BCUT2D eigenvalue weighted by atomic mass is 14.9. The minimum atomic E-state index is 0.670. The Balaban J connectivity index is 2.50. The fourth-order valence-corrected chi connectivity index (χ4v) is 2.00. The van der Waals surface area contributed by atoms with Crippen molar-refractivity contribution in [2.75, 3.05) is 11.9 Å². The van der Waals surface area contributed by atoms with Crippen molar-refractivity contribution >= 4 is 5.69 Å². The molecule has 0 bridgehead atoms. The van der Waals surface area contributed by atoms with Crippen molar-refractivity contribution in [3.8, 4) is 0 Å². The van der Waals surface area contributed by atoms with Gasteiger partial charge in [0.2, 0.25) is 0 Å². The summed E-state index contributed by atoms with van der Waals surface area (Å²) in [5, 5.41) is 3.53. The van der Waals surface area contributed by atoms with Crippen molar-refractivity contribution in [3.63, 3.8) is 0 Å². The van der Waals surface area contributed by atoms with E-state index in [0.29, 0.717) is 5.92 Å². The fraction of sp³-hybridized carbons (Fsp3) is 0.625. The highest BCUT2D eigenvalue weighted by Crippen LogP contribution is 2.20. The Morgan fingerprint density at radius 1 is 0.941 bits per heavy atom. The third-order valence-corrected chi connectivity index (χ3v) is 3.84. The van der Waals surface area contributed by atoms with E-state index in [0.717, 1.165) is 12.5 Å². The lowest BCUT2D eigenvalue weighted by atomic mass is 9.98. The minimum absolute atomic E-state index is 0.670. The van der Waals surface area contributed by atoms with E-state index in [1.54, 1.807) is 0 Å². The van der Waals surface area contributed by atoms with E-state index in [9.17, 15) is 0 Å². The molecule has 96 valence electrons. The van der Waals surface area contributed by atoms with E-state index in [1.165, 1.54) is 30.5 Å². The zero-order valence-corrected chi connectivity index (χ0v) is 11.8. The van der Waals surface area contributed by atoms with Crippen molar-refractivity contribution in [1.82, 2.24) is 0 Å². The molecule has 0 amide bonds. The Labute approximate surface area is 107 Å². The van der Waals surface area contributed by atoms with E-state index >= 15 is 0 Å². The van der Waals surface area contributed by atoms with Crippen LogP contribution in [0.15, 0.2) is 24.3 Å². The van der Waals surface area contributed by atoms with Crippen LogP contribution in [0, 0.1) is 5.92 Å². The summed E-state index contributed by atoms with van der Waals surface area (Å²) in [5.41, 5.74) is 2.70. The van der Waals surface area contributed by atoms with E-state index in [-0.39, 0.29) is 0 Å². The minimum Gasteiger partial charge on any atom is -0.385 e. The highest BCUT2D eigenvalue weighted by Gasteiger charge is 2.04. The second-order valence-electron chi connectivity index (χ2n) is 4.99. The summed E-state index contributed by atoms with van der Waals surface area (Å²) in [6.45, 7) is 10.1. The van der Waals surface area contributed by atoms with Crippen LogP contribution in [0.1, 0.15) is 58.4 Å². The zero-order valence-electron chi connectivity index (χ0n) is 11.8. The monoisotopic (exact) mass is 233 g/mol. The predicted octanol–water partition coefficient (Wildman–Crippen LogP) is 5.05. The summed E-state index contributed by atoms with van der Waals surface area (Å²) in [6.07, 6.45) is 3.73. The van der Waals surface area contributed by atoms with Gasteiger partial charge in [-0.05, 0) is 36.0 Å². The number of rotatable bonds is 7. The number of hydrogen-bond donors (Lipinski definition) is 1. The molecule has 0 heterocycles. The number of nitrogens with one attached hydrogen (secondary N) is 1. The third kappa shape index (κ3) is 4.41. The molecule has 0 radical (unpaired) electrons. The lowest BCUT2D eigenvalue weighted by molar-refractivity contribution is 0.519. The molecule has 1 rings (SSSR count). The first-order valence-corrected chi connectivity index (χ1v) is 7.05. The van der Waals surface area contributed by atoms with Crippen LogP contribution in [-0.2, 0) is 0 Å². The number of anilines is 1. The molecular weight excluding hydrogens is 206 g/mol. The molecule has 0 aliphatic rings. The maximum Gasteiger partial charge on any atom is 0.0340 e. The number of hydrogen-bond acceptors (Lipinski definition) is 1. The first-order valence-electron chi connectivity index (χ1n) is 7.05. The molecular formula is C16H27N. The lowest BCUT2D eigenvalue weighted by Crippen LogP contribution is -2.12. The molecule has 0 aliphatic carbocycles. The van der Waals surface area contributed by atoms with Crippen molar-refractivity contribution in [3.05, 3.63) is 29.8 Å². The molecule has 0 aromatic heterocycles. The quantitative estimate of drug-likeness (QED) is 0.695. The lowest BCUT2D eigenvalue weighted by Gasteiger charge is -2.15. The summed E-state index contributed by atoms with van der Waals surface area (Å²) in [5.74, 6) is 1.47.